The van der Waals surface area contributed by atoms with E-state index < -0.39 is 0 Å². The molecule has 2 heterocycles. The van der Waals surface area contributed by atoms with Crippen molar-refractivity contribution in [3.63, 3.8) is 0 Å². The highest BCUT2D eigenvalue weighted by Gasteiger charge is 2.20. The highest BCUT2D eigenvalue weighted by atomic mass is 15.2. The van der Waals surface area contributed by atoms with Crippen molar-refractivity contribution in [2.24, 2.45) is 5.92 Å². The minimum absolute atomic E-state index is 0.603. The Hall–Kier alpha value is -0.890. The van der Waals surface area contributed by atoms with Crippen molar-refractivity contribution in [2.75, 3.05) is 6.54 Å². The van der Waals surface area contributed by atoms with E-state index in [9.17, 15) is 0 Å². The first-order chi connectivity index (χ1) is 8.49. The lowest BCUT2D eigenvalue weighted by atomic mass is 9.89. The number of aromatic nitrogens is 1. The topological polar surface area (TPSA) is 16.1 Å². The Morgan fingerprint density at radius 3 is 2.50 bits per heavy atom. The molecule has 0 amide bonds. The van der Waals surface area contributed by atoms with E-state index in [0.717, 1.165) is 13.0 Å². The molecule has 1 aliphatic rings. The van der Waals surface area contributed by atoms with Gasteiger partial charge in [0.25, 0.3) is 0 Å². The molecule has 1 atom stereocenters. The van der Waals surface area contributed by atoms with E-state index in [1.165, 1.54) is 23.4 Å². The second-order valence-corrected chi connectivity index (χ2v) is 6.22. The number of fused-ring (bicyclic) bond motifs is 1. The monoisotopic (exact) mass is 246 g/mol. The molecule has 1 aromatic rings. The molecule has 0 spiro atoms. The number of nitrogens with zero attached hydrogens (tertiary/aromatic N) is 2. The van der Waals surface area contributed by atoms with Crippen LogP contribution in [0.4, 0.5) is 0 Å². The minimum Gasteiger partial charge on any atom is -0.295 e. The number of rotatable bonds is 3. The summed E-state index contributed by atoms with van der Waals surface area (Å²) in [6.45, 7) is 13.6. The van der Waals surface area contributed by atoms with Crippen LogP contribution in [-0.2, 0) is 13.0 Å². The SMILES string of the molecule is CC(C)C(C)c1cnc2c(c1)CCN(C(C)C)C2. The fraction of sp³-hybridized carbons (Fsp3) is 0.688. The van der Waals surface area contributed by atoms with Gasteiger partial charge in [0, 0.05) is 25.3 Å². The molecule has 0 saturated carbocycles. The molecule has 2 heteroatoms. The molecule has 0 fully saturated rings. The Labute approximate surface area is 111 Å². The van der Waals surface area contributed by atoms with Crippen molar-refractivity contribution < 1.29 is 0 Å². The normalized spacial score (nSPS) is 18.2. The van der Waals surface area contributed by atoms with Crippen molar-refractivity contribution in [1.29, 1.82) is 0 Å². The van der Waals surface area contributed by atoms with Gasteiger partial charge in [-0.05, 0) is 43.2 Å². The molecule has 1 unspecified atom stereocenters. The molecule has 0 N–H and O–H groups in total. The van der Waals surface area contributed by atoms with Gasteiger partial charge in [-0.15, -0.1) is 0 Å². The number of hydrogen-bond donors (Lipinski definition) is 0. The van der Waals surface area contributed by atoms with Crippen molar-refractivity contribution in [3.05, 3.63) is 29.1 Å². The molecule has 0 radical (unpaired) electrons. The van der Waals surface area contributed by atoms with Crippen LogP contribution in [0.2, 0.25) is 0 Å². The van der Waals surface area contributed by atoms with Crippen LogP contribution in [0.3, 0.4) is 0 Å². The molecular weight excluding hydrogens is 220 g/mol. The summed E-state index contributed by atoms with van der Waals surface area (Å²) in [6.07, 6.45) is 3.24. The van der Waals surface area contributed by atoms with Gasteiger partial charge in [0.15, 0.2) is 0 Å². The Morgan fingerprint density at radius 2 is 1.89 bits per heavy atom. The lowest BCUT2D eigenvalue weighted by Crippen LogP contribution is -2.36. The fourth-order valence-electron chi connectivity index (χ4n) is 2.53. The lowest BCUT2D eigenvalue weighted by molar-refractivity contribution is 0.200. The van der Waals surface area contributed by atoms with Gasteiger partial charge in [-0.1, -0.05) is 26.8 Å². The van der Waals surface area contributed by atoms with Gasteiger partial charge in [-0.2, -0.15) is 0 Å². The Morgan fingerprint density at radius 1 is 1.17 bits per heavy atom. The Bertz CT molecular complexity index is 410. The number of pyridine rings is 1. The van der Waals surface area contributed by atoms with Gasteiger partial charge in [0.1, 0.15) is 0 Å². The molecule has 0 bridgehead atoms. The minimum atomic E-state index is 0.603. The van der Waals surface area contributed by atoms with E-state index in [2.05, 4.69) is 51.8 Å². The van der Waals surface area contributed by atoms with E-state index in [1.54, 1.807) is 0 Å². The zero-order valence-electron chi connectivity index (χ0n) is 12.4. The van der Waals surface area contributed by atoms with Crippen molar-refractivity contribution in [2.45, 2.75) is 59.5 Å². The summed E-state index contributed by atoms with van der Waals surface area (Å²) in [6, 6.07) is 3.01. The third-order valence-electron chi connectivity index (χ3n) is 4.36. The van der Waals surface area contributed by atoms with Crippen LogP contribution in [-0.4, -0.2) is 22.5 Å². The number of hydrogen-bond acceptors (Lipinski definition) is 2. The summed E-state index contributed by atoms with van der Waals surface area (Å²) >= 11 is 0. The highest BCUT2D eigenvalue weighted by molar-refractivity contribution is 5.29. The van der Waals surface area contributed by atoms with Gasteiger partial charge in [0.2, 0.25) is 0 Å². The molecule has 100 valence electrons. The van der Waals surface area contributed by atoms with Crippen LogP contribution in [0.15, 0.2) is 12.3 Å². The predicted molar refractivity (Wildman–Crippen MR) is 76.7 cm³/mol. The summed E-state index contributed by atoms with van der Waals surface area (Å²) in [5.74, 6) is 1.28. The second-order valence-electron chi connectivity index (χ2n) is 6.22. The van der Waals surface area contributed by atoms with Gasteiger partial charge in [0.05, 0.1) is 5.69 Å². The van der Waals surface area contributed by atoms with Crippen LogP contribution in [0, 0.1) is 5.92 Å². The maximum atomic E-state index is 4.71. The van der Waals surface area contributed by atoms with Gasteiger partial charge in [-0.25, -0.2) is 0 Å². The van der Waals surface area contributed by atoms with E-state index in [1.807, 2.05) is 0 Å². The largest absolute Gasteiger partial charge is 0.295 e. The average molecular weight is 246 g/mol. The van der Waals surface area contributed by atoms with E-state index >= 15 is 0 Å². The van der Waals surface area contributed by atoms with Crippen LogP contribution < -0.4 is 0 Å². The van der Waals surface area contributed by atoms with E-state index in [-0.39, 0.29) is 0 Å². The Balaban J connectivity index is 2.20. The second kappa shape index (κ2) is 5.40. The molecule has 0 saturated heterocycles. The summed E-state index contributed by atoms with van der Waals surface area (Å²) in [4.78, 5) is 7.21. The van der Waals surface area contributed by atoms with Crippen molar-refractivity contribution >= 4 is 0 Å². The van der Waals surface area contributed by atoms with E-state index in [0.29, 0.717) is 17.9 Å². The molecule has 0 aromatic carbocycles. The van der Waals surface area contributed by atoms with Gasteiger partial charge >= 0.3 is 0 Å². The summed E-state index contributed by atoms with van der Waals surface area (Å²) in [5, 5.41) is 0. The first-order valence-electron chi connectivity index (χ1n) is 7.20. The maximum Gasteiger partial charge on any atom is 0.0576 e. The first kappa shape index (κ1) is 13.5. The molecule has 1 aliphatic heterocycles. The zero-order chi connectivity index (χ0) is 13.3. The summed E-state index contributed by atoms with van der Waals surface area (Å²) < 4.78 is 0. The van der Waals surface area contributed by atoms with Crippen molar-refractivity contribution in [3.8, 4) is 0 Å². The third-order valence-corrected chi connectivity index (χ3v) is 4.36. The summed E-state index contributed by atoms with van der Waals surface area (Å²) in [7, 11) is 0. The smallest absolute Gasteiger partial charge is 0.0576 e. The van der Waals surface area contributed by atoms with Crippen LogP contribution in [0.1, 0.15) is 57.4 Å². The van der Waals surface area contributed by atoms with Gasteiger partial charge in [-0.3, -0.25) is 9.88 Å². The van der Waals surface area contributed by atoms with Gasteiger partial charge < -0.3 is 0 Å². The first-order valence-corrected chi connectivity index (χ1v) is 7.20. The highest BCUT2D eigenvalue weighted by Crippen LogP contribution is 2.27. The van der Waals surface area contributed by atoms with Crippen LogP contribution in [0.5, 0.6) is 0 Å². The summed E-state index contributed by atoms with van der Waals surface area (Å²) in [5.41, 5.74) is 4.16. The quantitative estimate of drug-likeness (QED) is 0.810. The lowest BCUT2D eigenvalue weighted by Gasteiger charge is -2.31. The molecule has 2 rings (SSSR count). The molecule has 18 heavy (non-hydrogen) atoms. The predicted octanol–water partition coefficient (Wildman–Crippen LogP) is 3.61. The van der Waals surface area contributed by atoms with Crippen molar-refractivity contribution in [1.82, 2.24) is 9.88 Å². The molecule has 0 aliphatic carbocycles. The zero-order valence-corrected chi connectivity index (χ0v) is 12.4. The molecule has 1 aromatic heterocycles. The van der Waals surface area contributed by atoms with Crippen LogP contribution in [0.25, 0.3) is 0 Å². The molecular formula is C16H26N2. The van der Waals surface area contributed by atoms with Crippen LogP contribution >= 0.6 is 0 Å². The standard InChI is InChI=1S/C16H26N2/c1-11(2)13(5)15-8-14-6-7-18(12(3)4)10-16(14)17-9-15/h8-9,11-13H,6-7,10H2,1-5H3. The third kappa shape index (κ3) is 2.74. The Kier molecular flexibility index (Phi) is 4.06. The average Bonchev–Trinajstić information content (AvgIpc) is 2.36. The fourth-order valence-corrected chi connectivity index (χ4v) is 2.53. The maximum absolute atomic E-state index is 4.71. The molecule has 2 nitrogen and oxygen atoms in total. The van der Waals surface area contributed by atoms with E-state index in [4.69, 9.17) is 4.98 Å².